The molecule has 0 saturated heterocycles. The summed E-state index contributed by atoms with van der Waals surface area (Å²) < 4.78 is 31.8. The van der Waals surface area contributed by atoms with Crippen molar-refractivity contribution in [3.63, 3.8) is 0 Å². The van der Waals surface area contributed by atoms with Crippen molar-refractivity contribution in [2.24, 2.45) is 0 Å². The largest absolute Gasteiger partial charge is 0.490 e. The Morgan fingerprint density at radius 2 is 2.12 bits per heavy atom. The topological polar surface area (TPSA) is 78.6 Å². The molecule has 0 aliphatic heterocycles. The quantitative estimate of drug-likeness (QED) is 0.505. The Labute approximate surface area is 103 Å². The zero-order valence-corrected chi connectivity index (χ0v) is 11.0. The average molecular weight is 310 g/mol. The smallest absolute Gasteiger partial charge is 0.306 e. The number of halogens is 1. The van der Waals surface area contributed by atoms with E-state index in [0.29, 0.717) is 23.4 Å². The summed E-state index contributed by atoms with van der Waals surface area (Å²) in [5, 5.41) is 0.656. The standard InChI is InChI=1S/C9H12BrNO4S/c1-16(12,13)15-7-2-3-8(11)9(6-7)14-5-4-10/h2-3,6H,4-5,11H2,1H3. The van der Waals surface area contributed by atoms with Crippen molar-refractivity contribution in [1.82, 2.24) is 0 Å². The van der Waals surface area contributed by atoms with E-state index in [1.807, 2.05) is 0 Å². The fraction of sp³-hybridized carbons (Fsp3) is 0.333. The molecule has 1 rings (SSSR count). The second-order valence-corrected chi connectivity index (χ2v) is 5.39. The van der Waals surface area contributed by atoms with Crippen LogP contribution in [0, 0.1) is 0 Å². The van der Waals surface area contributed by atoms with E-state index in [0.717, 1.165) is 6.26 Å². The zero-order valence-electron chi connectivity index (χ0n) is 8.64. The van der Waals surface area contributed by atoms with E-state index in [2.05, 4.69) is 15.9 Å². The maximum atomic E-state index is 10.9. The molecule has 7 heteroatoms. The van der Waals surface area contributed by atoms with E-state index in [-0.39, 0.29) is 5.75 Å². The van der Waals surface area contributed by atoms with Crippen molar-refractivity contribution < 1.29 is 17.3 Å². The van der Waals surface area contributed by atoms with E-state index in [1.165, 1.54) is 18.2 Å². The number of hydrogen-bond acceptors (Lipinski definition) is 5. The maximum absolute atomic E-state index is 10.9. The molecule has 0 heterocycles. The van der Waals surface area contributed by atoms with Crippen LogP contribution in [-0.4, -0.2) is 26.6 Å². The van der Waals surface area contributed by atoms with Crippen LogP contribution in [0.25, 0.3) is 0 Å². The highest BCUT2D eigenvalue weighted by molar-refractivity contribution is 9.09. The van der Waals surface area contributed by atoms with Crippen LogP contribution in [0.2, 0.25) is 0 Å². The predicted molar refractivity (Wildman–Crippen MR) is 65.6 cm³/mol. The first-order valence-corrected chi connectivity index (χ1v) is 7.34. The summed E-state index contributed by atoms with van der Waals surface area (Å²) in [5.41, 5.74) is 6.08. The number of rotatable bonds is 5. The van der Waals surface area contributed by atoms with Crippen molar-refractivity contribution in [2.75, 3.05) is 23.9 Å². The van der Waals surface area contributed by atoms with Crippen molar-refractivity contribution in [1.29, 1.82) is 0 Å². The summed E-state index contributed by atoms with van der Waals surface area (Å²) in [6, 6.07) is 4.44. The van der Waals surface area contributed by atoms with E-state index in [4.69, 9.17) is 14.7 Å². The molecule has 0 saturated carbocycles. The molecule has 0 unspecified atom stereocenters. The molecule has 0 amide bonds. The maximum Gasteiger partial charge on any atom is 0.306 e. The molecule has 5 nitrogen and oxygen atoms in total. The van der Waals surface area contributed by atoms with Gasteiger partial charge in [-0.1, -0.05) is 15.9 Å². The van der Waals surface area contributed by atoms with Gasteiger partial charge >= 0.3 is 10.1 Å². The van der Waals surface area contributed by atoms with E-state index in [1.54, 1.807) is 0 Å². The molecular formula is C9H12BrNO4S. The van der Waals surface area contributed by atoms with Crippen LogP contribution in [-0.2, 0) is 10.1 Å². The molecule has 0 aliphatic rings. The monoisotopic (exact) mass is 309 g/mol. The van der Waals surface area contributed by atoms with Crippen LogP contribution in [0.15, 0.2) is 18.2 Å². The highest BCUT2D eigenvalue weighted by atomic mass is 79.9. The Bertz CT molecular complexity index is 461. The summed E-state index contributed by atoms with van der Waals surface area (Å²) in [4.78, 5) is 0. The number of nitrogen functional groups attached to an aromatic ring is 1. The number of ether oxygens (including phenoxy) is 1. The molecule has 0 fully saturated rings. The van der Waals surface area contributed by atoms with Crippen molar-refractivity contribution in [3.05, 3.63) is 18.2 Å². The third-order valence-electron chi connectivity index (χ3n) is 1.57. The summed E-state index contributed by atoms with van der Waals surface area (Å²) in [6.45, 7) is 0.437. The molecule has 2 N–H and O–H groups in total. The number of alkyl halides is 1. The first kappa shape index (κ1) is 13.1. The van der Waals surface area contributed by atoms with Gasteiger partial charge in [-0.2, -0.15) is 8.42 Å². The Hall–Kier alpha value is -0.950. The minimum Gasteiger partial charge on any atom is -0.490 e. The normalized spacial score (nSPS) is 11.1. The SMILES string of the molecule is CS(=O)(=O)Oc1ccc(N)c(OCCBr)c1. The number of hydrogen-bond donors (Lipinski definition) is 1. The summed E-state index contributed by atoms with van der Waals surface area (Å²) in [6.07, 6.45) is 0.975. The van der Waals surface area contributed by atoms with Crippen LogP contribution < -0.4 is 14.7 Å². The lowest BCUT2D eigenvalue weighted by atomic mass is 10.3. The third kappa shape index (κ3) is 4.28. The molecule has 0 aromatic heterocycles. The van der Waals surface area contributed by atoms with Crippen molar-refractivity contribution in [2.45, 2.75) is 0 Å². The highest BCUT2D eigenvalue weighted by Crippen LogP contribution is 2.27. The summed E-state index contributed by atoms with van der Waals surface area (Å²) in [5.74, 6) is 0.585. The van der Waals surface area contributed by atoms with E-state index >= 15 is 0 Å². The second kappa shape index (κ2) is 5.40. The lowest BCUT2D eigenvalue weighted by Crippen LogP contribution is -2.07. The Morgan fingerprint density at radius 3 is 2.69 bits per heavy atom. The van der Waals surface area contributed by atoms with E-state index < -0.39 is 10.1 Å². The molecular weight excluding hydrogens is 298 g/mol. The molecule has 90 valence electrons. The van der Waals surface area contributed by atoms with Gasteiger partial charge in [0.05, 0.1) is 18.6 Å². The highest BCUT2D eigenvalue weighted by Gasteiger charge is 2.07. The molecule has 0 bridgehead atoms. The lowest BCUT2D eigenvalue weighted by Gasteiger charge is -2.09. The Kier molecular flexibility index (Phi) is 4.43. The van der Waals surface area contributed by atoms with Crippen LogP contribution in [0.3, 0.4) is 0 Å². The first-order valence-electron chi connectivity index (χ1n) is 4.40. The number of benzene rings is 1. The Balaban J connectivity index is 2.89. The molecule has 0 radical (unpaired) electrons. The van der Waals surface area contributed by atoms with Crippen LogP contribution in [0.1, 0.15) is 0 Å². The third-order valence-corrected chi connectivity index (χ3v) is 2.39. The van der Waals surface area contributed by atoms with Gasteiger partial charge in [-0.05, 0) is 12.1 Å². The fourth-order valence-electron chi connectivity index (χ4n) is 1.01. The molecule has 0 atom stereocenters. The fourth-order valence-corrected chi connectivity index (χ4v) is 1.63. The molecule has 1 aromatic rings. The minimum atomic E-state index is -3.53. The minimum absolute atomic E-state index is 0.182. The Morgan fingerprint density at radius 1 is 1.44 bits per heavy atom. The van der Waals surface area contributed by atoms with Gasteiger partial charge in [0.1, 0.15) is 11.5 Å². The van der Waals surface area contributed by atoms with Crippen molar-refractivity contribution in [3.8, 4) is 11.5 Å². The molecule has 0 aliphatic carbocycles. The van der Waals surface area contributed by atoms with E-state index in [9.17, 15) is 8.42 Å². The van der Waals surface area contributed by atoms with Gasteiger partial charge in [-0.15, -0.1) is 0 Å². The molecule has 16 heavy (non-hydrogen) atoms. The first-order chi connectivity index (χ1) is 7.42. The van der Waals surface area contributed by atoms with Gasteiger partial charge in [0.2, 0.25) is 0 Å². The number of anilines is 1. The predicted octanol–water partition coefficient (Wildman–Crippen LogP) is 1.38. The van der Waals surface area contributed by atoms with Crippen molar-refractivity contribution >= 4 is 31.7 Å². The molecule has 0 spiro atoms. The van der Waals surface area contributed by atoms with Gasteiger partial charge in [0.25, 0.3) is 0 Å². The lowest BCUT2D eigenvalue weighted by molar-refractivity contribution is 0.345. The van der Waals surface area contributed by atoms with Gasteiger partial charge in [-0.3, -0.25) is 0 Å². The van der Waals surface area contributed by atoms with Gasteiger partial charge < -0.3 is 14.7 Å². The van der Waals surface area contributed by atoms with Crippen LogP contribution >= 0.6 is 15.9 Å². The van der Waals surface area contributed by atoms with Gasteiger partial charge in [-0.25, -0.2) is 0 Å². The average Bonchev–Trinajstić information content (AvgIpc) is 2.17. The van der Waals surface area contributed by atoms with Gasteiger partial charge in [0.15, 0.2) is 0 Å². The summed E-state index contributed by atoms with van der Waals surface area (Å²) in [7, 11) is -3.53. The number of nitrogens with two attached hydrogens (primary N) is 1. The second-order valence-electron chi connectivity index (χ2n) is 3.02. The zero-order chi connectivity index (χ0) is 12.2. The summed E-state index contributed by atoms with van der Waals surface area (Å²) >= 11 is 3.21. The molecule has 1 aromatic carbocycles. The van der Waals surface area contributed by atoms with Crippen LogP contribution in [0.5, 0.6) is 11.5 Å². The van der Waals surface area contributed by atoms with Gasteiger partial charge in [0, 0.05) is 11.4 Å². The van der Waals surface area contributed by atoms with Crippen LogP contribution in [0.4, 0.5) is 5.69 Å².